The minimum atomic E-state index is 0.0689. The Morgan fingerprint density at radius 2 is 2.04 bits per heavy atom. The standard InChI is InChI=1S/C19H24N6S/c1-4-25-18(9-10-20-25)15(3)22-19(26)23-17-11-21-24(13-17)12-16-8-6-5-7-14(16)2/h5-11,13,15H,4,12H2,1-3H3,(H2,22,23,26). The Kier molecular flexibility index (Phi) is 5.68. The van der Waals surface area contributed by atoms with Crippen LogP contribution in [0.2, 0.25) is 0 Å². The van der Waals surface area contributed by atoms with Crippen LogP contribution in [-0.2, 0) is 13.1 Å². The van der Waals surface area contributed by atoms with E-state index in [1.165, 1.54) is 11.1 Å². The van der Waals surface area contributed by atoms with Crippen molar-refractivity contribution in [3.63, 3.8) is 0 Å². The molecule has 0 bridgehead atoms. The molecule has 0 saturated carbocycles. The summed E-state index contributed by atoms with van der Waals surface area (Å²) in [5.41, 5.74) is 4.49. The monoisotopic (exact) mass is 368 g/mol. The molecule has 0 aliphatic rings. The van der Waals surface area contributed by atoms with E-state index in [9.17, 15) is 0 Å². The molecule has 7 heteroatoms. The van der Waals surface area contributed by atoms with Gasteiger partial charge >= 0.3 is 0 Å². The second-order valence-electron chi connectivity index (χ2n) is 6.25. The molecule has 2 aromatic heterocycles. The van der Waals surface area contributed by atoms with Crippen molar-refractivity contribution in [3.8, 4) is 0 Å². The van der Waals surface area contributed by atoms with Gasteiger partial charge in [-0.1, -0.05) is 24.3 Å². The zero-order chi connectivity index (χ0) is 18.5. The van der Waals surface area contributed by atoms with Gasteiger partial charge in [-0.05, 0) is 50.2 Å². The number of benzene rings is 1. The predicted octanol–water partition coefficient (Wildman–Crippen LogP) is 3.50. The average molecular weight is 369 g/mol. The Labute approximate surface area is 159 Å². The molecule has 1 unspecified atom stereocenters. The molecule has 0 amide bonds. The second-order valence-corrected chi connectivity index (χ2v) is 6.65. The maximum Gasteiger partial charge on any atom is 0.171 e. The number of thiocarbonyl (C=S) groups is 1. The highest BCUT2D eigenvalue weighted by molar-refractivity contribution is 7.80. The Bertz CT molecular complexity index is 882. The van der Waals surface area contributed by atoms with Crippen LogP contribution in [0.5, 0.6) is 0 Å². The van der Waals surface area contributed by atoms with E-state index in [1.54, 1.807) is 6.20 Å². The fourth-order valence-corrected chi connectivity index (χ4v) is 3.18. The topological polar surface area (TPSA) is 59.7 Å². The van der Waals surface area contributed by atoms with Crippen molar-refractivity contribution in [3.05, 3.63) is 65.7 Å². The van der Waals surface area contributed by atoms with Crippen LogP contribution in [0.4, 0.5) is 5.69 Å². The number of hydrogen-bond acceptors (Lipinski definition) is 3. The molecule has 1 aromatic carbocycles. The number of nitrogens with one attached hydrogen (secondary N) is 2. The molecule has 0 fully saturated rings. The van der Waals surface area contributed by atoms with Gasteiger partial charge in [0, 0.05) is 18.9 Å². The van der Waals surface area contributed by atoms with Gasteiger partial charge in [-0.25, -0.2) is 0 Å². The van der Waals surface area contributed by atoms with Crippen LogP contribution in [0, 0.1) is 6.92 Å². The van der Waals surface area contributed by atoms with Crippen LogP contribution in [0.3, 0.4) is 0 Å². The summed E-state index contributed by atoms with van der Waals surface area (Å²) in [7, 11) is 0. The van der Waals surface area contributed by atoms with Gasteiger partial charge in [0.15, 0.2) is 5.11 Å². The van der Waals surface area contributed by atoms with Crippen molar-refractivity contribution in [2.45, 2.75) is 39.9 Å². The number of nitrogens with zero attached hydrogens (tertiary/aromatic N) is 4. The smallest absolute Gasteiger partial charge is 0.171 e. The third-order valence-electron chi connectivity index (χ3n) is 4.32. The summed E-state index contributed by atoms with van der Waals surface area (Å²) in [5.74, 6) is 0. The summed E-state index contributed by atoms with van der Waals surface area (Å²) in [6, 6.07) is 10.4. The van der Waals surface area contributed by atoms with E-state index in [0.29, 0.717) is 5.11 Å². The summed E-state index contributed by atoms with van der Waals surface area (Å²) in [6.45, 7) is 7.82. The zero-order valence-electron chi connectivity index (χ0n) is 15.3. The van der Waals surface area contributed by atoms with Crippen LogP contribution < -0.4 is 10.6 Å². The van der Waals surface area contributed by atoms with Crippen molar-refractivity contribution in [2.75, 3.05) is 5.32 Å². The Morgan fingerprint density at radius 3 is 2.81 bits per heavy atom. The third kappa shape index (κ3) is 4.29. The lowest BCUT2D eigenvalue weighted by Crippen LogP contribution is -2.32. The van der Waals surface area contributed by atoms with Crippen molar-refractivity contribution in [2.24, 2.45) is 0 Å². The van der Waals surface area contributed by atoms with Gasteiger partial charge in [-0.15, -0.1) is 0 Å². The Balaban J connectivity index is 1.58. The molecule has 136 valence electrons. The highest BCUT2D eigenvalue weighted by Crippen LogP contribution is 2.14. The second kappa shape index (κ2) is 8.14. The highest BCUT2D eigenvalue weighted by Gasteiger charge is 2.12. The quantitative estimate of drug-likeness (QED) is 0.652. The molecule has 6 nitrogen and oxygen atoms in total. The van der Waals surface area contributed by atoms with Gasteiger partial charge in [0.1, 0.15) is 0 Å². The minimum Gasteiger partial charge on any atom is -0.354 e. The fourth-order valence-electron chi connectivity index (χ4n) is 2.89. The lowest BCUT2D eigenvalue weighted by atomic mass is 10.1. The molecule has 1 atom stereocenters. The first kappa shape index (κ1) is 18.1. The van der Waals surface area contributed by atoms with Gasteiger partial charge in [0.2, 0.25) is 0 Å². The average Bonchev–Trinajstić information content (AvgIpc) is 3.26. The van der Waals surface area contributed by atoms with Crippen LogP contribution in [0.1, 0.15) is 36.7 Å². The third-order valence-corrected chi connectivity index (χ3v) is 4.54. The highest BCUT2D eigenvalue weighted by atomic mass is 32.1. The number of anilines is 1. The first-order valence-corrected chi connectivity index (χ1v) is 9.14. The van der Waals surface area contributed by atoms with E-state index in [-0.39, 0.29) is 6.04 Å². The molecular formula is C19H24N6S. The normalized spacial score (nSPS) is 12.0. The van der Waals surface area contributed by atoms with Crippen molar-refractivity contribution in [1.29, 1.82) is 0 Å². The number of aryl methyl sites for hydroxylation is 2. The molecule has 26 heavy (non-hydrogen) atoms. The Morgan fingerprint density at radius 1 is 1.23 bits per heavy atom. The molecule has 2 heterocycles. The van der Waals surface area contributed by atoms with Crippen molar-refractivity contribution in [1.82, 2.24) is 24.9 Å². The molecule has 0 aliphatic carbocycles. The van der Waals surface area contributed by atoms with E-state index in [4.69, 9.17) is 12.2 Å². The summed E-state index contributed by atoms with van der Waals surface area (Å²) >= 11 is 5.44. The van der Waals surface area contributed by atoms with E-state index < -0.39 is 0 Å². The number of rotatable bonds is 6. The van der Waals surface area contributed by atoms with E-state index in [1.807, 2.05) is 40.0 Å². The number of hydrogen-bond donors (Lipinski definition) is 2. The molecular weight excluding hydrogens is 344 g/mol. The molecule has 0 aliphatic heterocycles. The van der Waals surface area contributed by atoms with Gasteiger partial charge in [0.25, 0.3) is 0 Å². The molecule has 0 radical (unpaired) electrons. The fraction of sp³-hybridized carbons (Fsp3) is 0.316. The van der Waals surface area contributed by atoms with Crippen LogP contribution in [0.25, 0.3) is 0 Å². The van der Waals surface area contributed by atoms with Crippen LogP contribution in [0.15, 0.2) is 48.9 Å². The van der Waals surface area contributed by atoms with Crippen LogP contribution >= 0.6 is 12.2 Å². The summed E-state index contributed by atoms with van der Waals surface area (Å²) in [6.07, 6.45) is 5.55. The predicted molar refractivity (Wildman–Crippen MR) is 108 cm³/mol. The molecule has 3 rings (SSSR count). The lowest BCUT2D eigenvalue weighted by molar-refractivity contribution is 0.568. The molecule has 0 saturated heterocycles. The molecule has 3 aromatic rings. The summed E-state index contributed by atoms with van der Waals surface area (Å²) < 4.78 is 3.86. The van der Waals surface area contributed by atoms with Crippen molar-refractivity contribution >= 4 is 23.0 Å². The van der Waals surface area contributed by atoms with E-state index >= 15 is 0 Å². The SMILES string of the molecule is CCn1nccc1C(C)NC(=S)Nc1cnn(Cc2ccccc2C)c1. The minimum absolute atomic E-state index is 0.0689. The summed E-state index contributed by atoms with van der Waals surface area (Å²) in [5, 5.41) is 15.8. The van der Waals surface area contributed by atoms with E-state index in [0.717, 1.165) is 24.5 Å². The maximum atomic E-state index is 5.44. The van der Waals surface area contributed by atoms with Gasteiger partial charge in [0.05, 0.1) is 30.2 Å². The van der Waals surface area contributed by atoms with Crippen LogP contribution in [-0.4, -0.2) is 24.7 Å². The largest absolute Gasteiger partial charge is 0.354 e. The molecule has 2 N–H and O–H groups in total. The lowest BCUT2D eigenvalue weighted by Gasteiger charge is -2.17. The molecule has 0 spiro atoms. The van der Waals surface area contributed by atoms with E-state index in [2.05, 4.69) is 53.7 Å². The first-order valence-electron chi connectivity index (χ1n) is 8.73. The summed E-state index contributed by atoms with van der Waals surface area (Å²) in [4.78, 5) is 0. The van der Waals surface area contributed by atoms with Gasteiger partial charge in [-0.3, -0.25) is 9.36 Å². The first-order chi connectivity index (χ1) is 12.6. The zero-order valence-corrected chi connectivity index (χ0v) is 16.1. The number of aromatic nitrogens is 4. The van der Waals surface area contributed by atoms with Gasteiger partial charge < -0.3 is 10.6 Å². The van der Waals surface area contributed by atoms with Crippen molar-refractivity contribution < 1.29 is 0 Å². The maximum absolute atomic E-state index is 5.44. The Hall–Kier alpha value is -2.67. The van der Waals surface area contributed by atoms with Gasteiger partial charge in [-0.2, -0.15) is 10.2 Å².